The van der Waals surface area contributed by atoms with Gasteiger partial charge in [-0.05, 0) is 20.3 Å². The monoisotopic (exact) mass is 181 g/mol. The Kier molecular flexibility index (Phi) is 3.34. The van der Waals surface area contributed by atoms with Crippen LogP contribution in [0.1, 0.15) is 31.2 Å². The van der Waals surface area contributed by atoms with Crippen LogP contribution < -0.4 is 5.32 Å². The van der Waals surface area contributed by atoms with Crippen molar-refractivity contribution in [2.75, 3.05) is 11.9 Å². The van der Waals surface area contributed by atoms with Gasteiger partial charge >= 0.3 is 0 Å². The maximum atomic E-state index is 4.34. The number of nitrogens with one attached hydrogen (secondary N) is 1. The first-order chi connectivity index (χ1) is 6.16. The zero-order chi connectivity index (χ0) is 9.84. The highest BCUT2D eigenvalue weighted by Gasteiger charge is 2.07. The summed E-state index contributed by atoms with van der Waals surface area (Å²) in [6.45, 7) is 7.38. The van der Waals surface area contributed by atoms with Gasteiger partial charge in [-0.1, -0.05) is 13.3 Å². The third-order valence-electron chi connectivity index (χ3n) is 2.34. The number of hydrogen-bond donors (Lipinski definition) is 1. The molecule has 1 aromatic heterocycles. The fourth-order valence-corrected chi connectivity index (χ4v) is 1.42. The molecule has 0 atom stereocenters. The fourth-order valence-electron chi connectivity index (χ4n) is 1.42. The van der Waals surface area contributed by atoms with Gasteiger partial charge < -0.3 is 5.32 Å². The number of anilines is 1. The summed E-state index contributed by atoms with van der Waals surface area (Å²) in [4.78, 5) is 0. The Morgan fingerprint density at radius 1 is 1.38 bits per heavy atom. The van der Waals surface area contributed by atoms with E-state index in [1.807, 2.05) is 18.7 Å². The smallest absolute Gasteiger partial charge is 0.0827 e. The third-order valence-corrected chi connectivity index (χ3v) is 2.34. The normalized spacial score (nSPS) is 10.5. The van der Waals surface area contributed by atoms with E-state index < -0.39 is 0 Å². The molecule has 0 aliphatic rings. The number of aromatic nitrogens is 2. The van der Waals surface area contributed by atoms with Gasteiger partial charge in [0.25, 0.3) is 0 Å². The van der Waals surface area contributed by atoms with Crippen molar-refractivity contribution in [3.63, 3.8) is 0 Å². The van der Waals surface area contributed by atoms with Crippen molar-refractivity contribution in [2.24, 2.45) is 7.05 Å². The molecule has 74 valence electrons. The topological polar surface area (TPSA) is 29.9 Å². The van der Waals surface area contributed by atoms with Crippen LogP contribution in [0.25, 0.3) is 0 Å². The second-order valence-electron chi connectivity index (χ2n) is 3.45. The van der Waals surface area contributed by atoms with Crippen molar-refractivity contribution in [1.82, 2.24) is 9.78 Å². The Balaban J connectivity index is 2.64. The largest absolute Gasteiger partial charge is 0.382 e. The van der Waals surface area contributed by atoms with Crippen molar-refractivity contribution in [2.45, 2.75) is 33.6 Å². The van der Waals surface area contributed by atoms with Crippen LogP contribution in [0.15, 0.2) is 0 Å². The molecule has 3 heteroatoms. The predicted octanol–water partition coefficient (Wildman–Crippen LogP) is 2.25. The van der Waals surface area contributed by atoms with E-state index in [-0.39, 0.29) is 0 Å². The van der Waals surface area contributed by atoms with Gasteiger partial charge in [-0.3, -0.25) is 4.68 Å². The molecule has 0 saturated heterocycles. The molecule has 0 unspecified atom stereocenters. The first-order valence-electron chi connectivity index (χ1n) is 4.91. The van der Waals surface area contributed by atoms with Gasteiger partial charge in [0.1, 0.15) is 0 Å². The molecule has 1 rings (SSSR count). The number of rotatable bonds is 4. The minimum absolute atomic E-state index is 1.05. The highest BCUT2D eigenvalue weighted by atomic mass is 15.3. The molecule has 0 aliphatic carbocycles. The molecule has 1 aromatic rings. The van der Waals surface area contributed by atoms with E-state index in [0.29, 0.717) is 0 Å². The van der Waals surface area contributed by atoms with Gasteiger partial charge in [0.15, 0.2) is 0 Å². The Hall–Kier alpha value is -0.990. The van der Waals surface area contributed by atoms with Crippen LogP contribution in [-0.4, -0.2) is 16.3 Å². The summed E-state index contributed by atoms with van der Waals surface area (Å²) in [5.41, 5.74) is 3.51. The van der Waals surface area contributed by atoms with Gasteiger partial charge in [-0.25, -0.2) is 0 Å². The number of nitrogens with zero attached hydrogens (tertiary/aromatic N) is 2. The molecule has 3 nitrogen and oxygen atoms in total. The Labute approximate surface area is 80.1 Å². The zero-order valence-corrected chi connectivity index (χ0v) is 9.02. The third kappa shape index (κ3) is 2.23. The summed E-state index contributed by atoms with van der Waals surface area (Å²) < 4.78 is 1.92. The highest BCUT2D eigenvalue weighted by Crippen LogP contribution is 2.17. The molecule has 0 aromatic carbocycles. The van der Waals surface area contributed by atoms with Crippen LogP contribution >= 0.6 is 0 Å². The molecule has 0 saturated carbocycles. The summed E-state index contributed by atoms with van der Waals surface area (Å²) in [5, 5.41) is 7.76. The summed E-state index contributed by atoms with van der Waals surface area (Å²) in [6.07, 6.45) is 2.44. The quantitative estimate of drug-likeness (QED) is 0.722. The van der Waals surface area contributed by atoms with Crippen LogP contribution in [0.3, 0.4) is 0 Å². The van der Waals surface area contributed by atoms with Crippen LogP contribution in [0.2, 0.25) is 0 Å². The van der Waals surface area contributed by atoms with Crippen molar-refractivity contribution in [3.05, 3.63) is 11.4 Å². The van der Waals surface area contributed by atoms with Gasteiger partial charge in [0.05, 0.1) is 17.1 Å². The number of aryl methyl sites for hydroxylation is 2. The minimum Gasteiger partial charge on any atom is -0.382 e. The van der Waals surface area contributed by atoms with Crippen LogP contribution in [-0.2, 0) is 7.05 Å². The lowest BCUT2D eigenvalue weighted by Crippen LogP contribution is -2.03. The Morgan fingerprint density at radius 3 is 2.54 bits per heavy atom. The molecule has 1 N–H and O–H groups in total. The molecular weight excluding hydrogens is 162 g/mol. The highest BCUT2D eigenvalue weighted by molar-refractivity contribution is 5.51. The minimum atomic E-state index is 1.05. The molecule has 0 amide bonds. The number of hydrogen-bond acceptors (Lipinski definition) is 2. The second-order valence-corrected chi connectivity index (χ2v) is 3.45. The van der Waals surface area contributed by atoms with Crippen molar-refractivity contribution in [1.29, 1.82) is 0 Å². The van der Waals surface area contributed by atoms with Crippen molar-refractivity contribution >= 4 is 5.69 Å². The Morgan fingerprint density at radius 2 is 2.08 bits per heavy atom. The van der Waals surface area contributed by atoms with E-state index in [0.717, 1.165) is 12.2 Å². The van der Waals surface area contributed by atoms with Crippen LogP contribution in [0, 0.1) is 13.8 Å². The van der Waals surface area contributed by atoms with E-state index in [1.165, 1.54) is 24.2 Å². The maximum Gasteiger partial charge on any atom is 0.0827 e. The lowest BCUT2D eigenvalue weighted by Gasteiger charge is -2.05. The first-order valence-corrected chi connectivity index (χ1v) is 4.91. The van der Waals surface area contributed by atoms with Gasteiger partial charge in [-0.2, -0.15) is 5.10 Å². The molecule has 0 fully saturated rings. The average molecular weight is 181 g/mol. The average Bonchev–Trinajstić information content (AvgIpc) is 2.32. The summed E-state index contributed by atoms with van der Waals surface area (Å²) in [5.74, 6) is 0. The predicted molar refractivity (Wildman–Crippen MR) is 56.1 cm³/mol. The molecule has 1 heterocycles. The fraction of sp³-hybridized carbons (Fsp3) is 0.700. The first kappa shape index (κ1) is 10.1. The summed E-state index contributed by atoms with van der Waals surface area (Å²) >= 11 is 0. The molecule has 13 heavy (non-hydrogen) atoms. The Bertz CT molecular complexity index is 276. The SMILES string of the molecule is CCCCNc1c(C)nn(C)c1C. The lowest BCUT2D eigenvalue weighted by atomic mass is 10.3. The van der Waals surface area contributed by atoms with E-state index in [9.17, 15) is 0 Å². The van der Waals surface area contributed by atoms with Crippen LogP contribution in [0.4, 0.5) is 5.69 Å². The molecule has 0 spiro atoms. The zero-order valence-electron chi connectivity index (χ0n) is 9.02. The van der Waals surface area contributed by atoms with E-state index in [4.69, 9.17) is 0 Å². The maximum absolute atomic E-state index is 4.34. The molecule has 0 bridgehead atoms. The molecule has 0 aliphatic heterocycles. The summed E-state index contributed by atoms with van der Waals surface area (Å²) in [6, 6.07) is 0. The van der Waals surface area contributed by atoms with Crippen molar-refractivity contribution < 1.29 is 0 Å². The van der Waals surface area contributed by atoms with Gasteiger partial charge in [0.2, 0.25) is 0 Å². The number of unbranched alkanes of at least 4 members (excludes halogenated alkanes) is 1. The van der Waals surface area contributed by atoms with Gasteiger partial charge in [-0.15, -0.1) is 0 Å². The molecular formula is C10H19N3. The van der Waals surface area contributed by atoms with Gasteiger partial charge in [0, 0.05) is 13.6 Å². The molecule has 0 radical (unpaired) electrons. The van der Waals surface area contributed by atoms with E-state index in [1.54, 1.807) is 0 Å². The lowest BCUT2D eigenvalue weighted by molar-refractivity contribution is 0.731. The van der Waals surface area contributed by atoms with Crippen molar-refractivity contribution in [3.8, 4) is 0 Å². The van der Waals surface area contributed by atoms with E-state index >= 15 is 0 Å². The van der Waals surface area contributed by atoms with E-state index in [2.05, 4.69) is 24.3 Å². The summed E-state index contributed by atoms with van der Waals surface area (Å²) in [7, 11) is 1.98. The van der Waals surface area contributed by atoms with Crippen LogP contribution in [0.5, 0.6) is 0 Å². The second kappa shape index (κ2) is 4.30. The standard InChI is InChI=1S/C10H19N3/c1-5-6-7-11-10-8(2)12-13(4)9(10)3/h11H,5-7H2,1-4H3.